The van der Waals surface area contributed by atoms with Gasteiger partial charge < -0.3 is 9.84 Å². The van der Waals surface area contributed by atoms with E-state index >= 15 is 0 Å². The van der Waals surface area contributed by atoms with Gasteiger partial charge in [-0.1, -0.05) is 36.8 Å². The highest BCUT2D eigenvalue weighted by molar-refractivity contribution is 5.95. The van der Waals surface area contributed by atoms with E-state index in [1.165, 1.54) is 6.42 Å². The Kier molecular flexibility index (Phi) is 6.19. The van der Waals surface area contributed by atoms with Crippen LogP contribution in [0.3, 0.4) is 0 Å². The molecule has 0 amide bonds. The van der Waals surface area contributed by atoms with E-state index in [0.29, 0.717) is 12.8 Å². The van der Waals surface area contributed by atoms with Crippen LogP contribution in [0, 0.1) is 0 Å². The highest BCUT2D eigenvalue weighted by Gasteiger charge is 2.20. The number of hydrogen-bond donors (Lipinski definition) is 1. The second-order valence-electron chi connectivity index (χ2n) is 5.66. The van der Waals surface area contributed by atoms with Crippen LogP contribution in [0.5, 0.6) is 0 Å². The third-order valence-electron chi connectivity index (χ3n) is 3.91. The molecule has 1 N–H and O–H groups in total. The van der Waals surface area contributed by atoms with Crippen LogP contribution in [-0.2, 0) is 20.7 Å². The molecule has 1 aromatic carbocycles. The standard InChI is InChI=1S/C18H22O4/c19-17(20)13-15(12-11-14-7-3-1-4-8-14)18(21)22-16-9-5-2-6-10-16/h1,3-4,7-8,13,16H,2,5-6,9-12H2,(H,19,20). The van der Waals surface area contributed by atoms with E-state index in [0.717, 1.165) is 37.3 Å². The number of carbonyl (C=O) groups is 2. The topological polar surface area (TPSA) is 63.6 Å². The van der Waals surface area contributed by atoms with Gasteiger partial charge in [-0.05, 0) is 44.1 Å². The van der Waals surface area contributed by atoms with Crippen LogP contribution < -0.4 is 0 Å². The maximum Gasteiger partial charge on any atom is 0.334 e. The summed E-state index contributed by atoms with van der Waals surface area (Å²) in [4.78, 5) is 23.1. The fourth-order valence-electron chi connectivity index (χ4n) is 2.72. The third kappa shape index (κ3) is 5.35. The molecule has 0 heterocycles. The predicted molar refractivity (Wildman–Crippen MR) is 83.4 cm³/mol. The first-order valence-corrected chi connectivity index (χ1v) is 7.83. The molecule has 1 aliphatic rings. The van der Waals surface area contributed by atoms with E-state index in [1.807, 2.05) is 30.3 Å². The van der Waals surface area contributed by atoms with Gasteiger partial charge in [-0.2, -0.15) is 0 Å². The van der Waals surface area contributed by atoms with Gasteiger partial charge in [0.05, 0.1) is 0 Å². The summed E-state index contributed by atoms with van der Waals surface area (Å²) in [5.74, 6) is -1.59. The lowest BCUT2D eigenvalue weighted by Crippen LogP contribution is -2.22. The minimum atomic E-state index is -1.11. The monoisotopic (exact) mass is 302 g/mol. The normalized spacial score (nSPS) is 16.3. The van der Waals surface area contributed by atoms with Crippen molar-refractivity contribution in [1.82, 2.24) is 0 Å². The molecule has 1 aromatic rings. The molecular weight excluding hydrogens is 280 g/mol. The van der Waals surface area contributed by atoms with Crippen molar-refractivity contribution in [1.29, 1.82) is 0 Å². The Morgan fingerprint density at radius 2 is 1.82 bits per heavy atom. The number of esters is 1. The maximum absolute atomic E-state index is 12.2. The third-order valence-corrected chi connectivity index (χ3v) is 3.91. The molecule has 0 atom stereocenters. The van der Waals surface area contributed by atoms with Gasteiger partial charge >= 0.3 is 11.9 Å². The fourth-order valence-corrected chi connectivity index (χ4v) is 2.72. The van der Waals surface area contributed by atoms with Crippen molar-refractivity contribution in [3.63, 3.8) is 0 Å². The largest absolute Gasteiger partial charge is 0.478 e. The van der Waals surface area contributed by atoms with Crippen molar-refractivity contribution in [3.05, 3.63) is 47.5 Å². The lowest BCUT2D eigenvalue weighted by atomic mass is 9.97. The number of carbonyl (C=O) groups excluding carboxylic acids is 1. The Bertz CT molecular complexity index is 527. The highest BCUT2D eigenvalue weighted by Crippen LogP contribution is 2.22. The molecule has 1 saturated carbocycles. The Morgan fingerprint density at radius 3 is 2.45 bits per heavy atom. The smallest absolute Gasteiger partial charge is 0.334 e. The molecule has 0 saturated heterocycles. The maximum atomic E-state index is 12.2. The molecule has 118 valence electrons. The van der Waals surface area contributed by atoms with Crippen LogP contribution in [0.25, 0.3) is 0 Å². The molecule has 4 nitrogen and oxygen atoms in total. The molecule has 1 aliphatic carbocycles. The van der Waals surface area contributed by atoms with Gasteiger partial charge in [-0.25, -0.2) is 9.59 Å². The van der Waals surface area contributed by atoms with E-state index in [1.54, 1.807) is 0 Å². The lowest BCUT2D eigenvalue weighted by Gasteiger charge is -2.22. The zero-order valence-corrected chi connectivity index (χ0v) is 12.7. The number of hydrogen-bond acceptors (Lipinski definition) is 3. The average Bonchev–Trinajstić information content (AvgIpc) is 2.53. The van der Waals surface area contributed by atoms with E-state index in [-0.39, 0.29) is 11.7 Å². The molecule has 22 heavy (non-hydrogen) atoms. The van der Waals surface area contributed by atoms with Crippen LogP contribution in [-0.4, -0.2) is 23.1 Å². The van der Waals surface area contributed by atoms with Crippen molar-refractivity contribution in [2.45, 2.75) is 51.0 Å². The summed E-state index contributed by atoms with van der Waals surface area (Å²) in [5.41, 5.74) is 1.31. The van der Waals surface area contributed by atoms with E-state index in [4.69, 9.17) is 9.84 Å². The molecular formula is C18H22O4. The number of carboxylic acids is 1. The number of aliphatic carboxylic acids is 1. The van der Waals surface area contributed by atoms with Crippen molar-refractivity contribution >= 4 is 11.9 Å². The summed E-state index contributed by atoms with van der Waals surface area (Å²) in [6.07, 6.45) is 7.00. The number of ether oxygens (including phenoxy) is 1. The Labute approximate surface area is 130 Å². The minimum absolute atomic E-state index is 0.0600. The molecule has 0 aromatic heterocycles. The Morgan fingerprint density at radius 1 is 1.14 bits per heavy atom. The number of aryl methyl sites for hydroxylation is 1. The molecule has 0 unspecified atom stereocenters. The fraction of sp³-hybridized carbons (Fsp3) is 0.444. The molecule has 2 rings (SSSR count). The number of rotatable bonds is 6. The summed E-state index contributed by atoms with van der Waals surface area (Å²) < 4.78 is 5.47. The van der Waals surface area contributed by atoms with Crippen LogP contribution in [0.1, 0.15) is 44.1 Å². The van der Waals surface area contributed by atoms with E-state index < -0.39 is 11.9 Å². The summed E-state index contributed by atoms with van der Waals surface area (Å²) in [6.45, 7) is 0. The quantitative estimate of drug-likeness (QED) is 0.645. The first kappa shape index (κ1) is 16.3. The molecule has 4 heteroatoms. The van der Waals surface area contributed by atoms with Crippen LogP contribution in [0.15, 0.2) is 42.0 Å². The van der Waals surface area contributed by atoms with Crippen LogP contribution >= 0.6 is 0 Å². The van der Waals surface area contributed by atoms with Gasteiger partial charge in [0.25, 0.3) is 0 Å². The molecule has 0 aliphatic heterocycles. The first-order chi connectivity index (χ1) is 10.6. The van der Waals surface area contributed by atoms with Crippen molar-refractivity contribution < 1.29 is 19.4 Å². The van der Waals surface area contributed by atoms with E-state index in [2.05, 4.69) is 0 Å². The van der Waals surface area contributed by atoms with E-state index in [9.17, 15) is 9.59 Å². The SMILES string of the molecule is O=C(O)C=C(CCc1ccccc1)C(=O)OC1CCCCC1. The Balaban J connectivity index is 1.96. The van der Waals surface area contributed by atoms with Crippen molar-refractivity contribution in [2.24, 2.45) is 0 Å². The Hall–Kier alpha value is -2.10. The predicted octanol–water partition coefficient (Wildman–Crippen LogP) is 3.51. The first-order valence-electron chi connectivity index (χ1n) is 7.83. The molecule has 0 spiro atoms. The number of benzene rings is 1. The summed E-state index contributed by atoms with van der Waals surface area (Å²) in [7, 11) is 0. The van der Waals surface area contributed by atoms with Crippen molar-refractivity contribution in [3.8, 4) is 0 Å². The van der Waals surface area contributed by atoms with Crippen LogP contribution in [0.2, 0.25) is 0 Å². The summed E-state index contributed by atoms with van der Waals surface area (Å²) in [6, 6.07) is 9.71. The van der Waals surface area contributed by atoms with Gasteiger partial charge in [-0.3, -0.25) is 0 Å². The average molecular weight is 302 g/mol. The zero-order valence-electron chi connectivity index (χ0n) is 12.7. The highest BCUT2D eigenvalue weighted by atomic mass is 16.5. The lowest BCUT2D eigenvalue weighted by molar-refractivity contribution is -0.146. The summed E-state index contributed by atoms with van der Waals surface area (Å²) in [5, 5.41) is 8.95. The molecule has 0 radical (unpaired) electrons. The van der Waals surface area contributed by atoms with Crippen molar-refractivity contribution in [2.75, 3.05) is 0 Å². The number of carboxylic acid groups (broad SMARTS) is 1. The second kappa shape index (κ2) is 8.37. The van der Waals surface area contributed by atoms with Gasteiger partial charge in [0, 0.05) is 11.6 Å². The van der Waals surface area contributed by atoms with Gasteiger partial charge in [0.1, 0.15) is 6.10 Å². The molecule has 1 fully saturated rings. The van der Waals surface area contributed by atoms with Crippen LogP contribution in [0.4, 0.5) is 0 Å². The minimum Gasteiger partial charge on any atom is -0.478 e. The van der Waals surface area contributed by atoms with Gasteiger partial charge in [0.2, 0.25) is 0 Å². The van der Waals surface area contributed by atoms with Gasteiger partial charge in [0.15, 0.2) is 0 Å². The second-order valence-corrected chi connectivity index (χ2v) is 5.66. The zero-order chi connectivity index (χ0) is 15.8. The molecule has 0 bridgehead atoms. The van der Waals surface area contributed by atoms with Gasteiger partial charge in [-0.15, -0.1) is 0 Å². The summed E-state index contributed by atoms with van der Waals surface area (Å²) >= 11 is 0.